The normalized spacial score (nSPS) is 10.7. The van der Waals surface area contributed by atoms with Gasteiger partial charge in [-0.2, -0.15) is 0 Å². The molecule has 3 aromatic rings. The van der Waals surface area contributed by atoms with Crippen molar-refractivity contribution in [2.75, 3.05) is 19.5 Å². The highest BCUT2D eigenvalue weighted by Crippen LogP contribution is 2.22. The number of aromatic nitrogens is 2. The zero-order chi connectivity index (χ0) is 18.5. The molecule has 0 radical (unpaired) electrons. The number of benzene rings is 2. The summed E-state index contributed by atoms with van der Waals surface area (Å²) >= 11 is 1.17. The molecule has 0 amide bonds. The Morgan fingerprint density at radius 3 is 2.58 bits per heavy atom. The Balaban J connectivity index is 2.10. The summed E-state index contributed by atoms with van der Waals surface area (Å²) in [6.07, 6.45) is 0. The summed E-state index contributed by atoms with van der Waals surface area (Å²) in [6, 6.07) is 14.3. The van der Waals surface area contributed by atoms with Crippen molar-refractivity contribution < 1.29 is 14.3 Å². The lowest BCUT2D eigenvalue weighted by Crippen LogP contribution is -2.22. The first-order chi connectivity index (χ1) is 12.6. The number of carbonyl (C=O) groups excluding carboxylic acids is 1. The topological polar surface area (TPSA) is 70.4 Å². The molecule has 1 heterocycles. The maximum Gasteiger partial charge on any atom is 0.316 e. The van der Waals surface area contributed by atoms with Gasteiger partial charge in [-0.1, -0.05) is 23.9 Å². The number of ether oxygens (including phenoxy) is 2. The minimum absolute atomic E-state index is 0.0781. The molecule has 0 saturated heterocycles. The van der Waals surface area contributed by atoms with Gasteiger partial charge >= 0.3 is 5.97 Å². The molecule has 0 bridgehead atoms. The molecular weight excluding hydrogens is 352 g/mol. The van der Waals surface area contributed by atoms with Gasteiger partial charge in [0.1, 0.15) is 5.75 Å². The predicted octanol–water partition coefficient (Wildman–Crippen LogP) is 3.05. The van der Waals surface area contributed by atoms with Crippen molar-refractivity contribution in [2.45, 2.75) is 12.1 Å². The lowest BCUT2D eigenvalue weighted by molar-refractivity contribution is -0.139. The van der Waals surface area contributed by atoms with Crippen LogP contribution in [0.4, 0.5) is 0 Å². The summed E-state index contributed by atoms with van der Waals surface area (Å²) in [4.78, 5) is 29.3. The van der Waals surface area contributed by atoms with E-state index in [1.807, 2.05) is 6.07 Å². The number of hydrogen-bond acceptors (Lipinski definition) is 6. The van der Waals surface area contributed by atoms with Crippen LogP contribution < -0.4 is 10.3 Å². The van der Waals surface area contributed by atoms with Gasteiger partial charge in [-0.15, -0.1) is 0 Å². The van der Waals surface area contributed by atoms with Gasteiger partial charge in [0.05, 0.1) is 36.1 Å². The van der Waals surface area contributed by atoms with E-state index in [9.17, 15) is 9.59 Å². The third kappa shape index (κ3) is 3.72. The lowest BCUT2D eigenvalue weighted by Gasteiger charge is -2.13. The first-order valence-corrected chi connectivity index (χ1v) is 9.07. The second-order valence-electron chi connectivity index (χ2n) is 5.34. The van der Waals surface area contributed by atoms with Crippen LogP contribution in [0.5, 0.6) is 5.75 Å². The fourth-order valence-electron chi connectivity index (χ4n) is 2.49. The van der Waals surface area contributed by atoms with E-state index in [-0.39, 0.29) is 17.3 Å². The monoisotopic (exact) mass is 370 g/mol. The van der Waals surface area contributed by atoms with Crippen molar-refractivity contribution in [3.63, 3.8) is 0 Å². The molecule has 134 valence electrons. The fraction of sp³-hybridized carbons (Fsp3) is 0.211. The number of para-hydroxylation sites is 1. The quantitative estimate of drug-likeness (QED) is 0.377. The minimum Gasteiger partial charge on any atom is -0.497 e. The molecule has 7 heteroatoms. The van der Waals surface area contributed by atoms with Crippen LogP contribution in [-0.4, -0.2) is 35.0 Å². The van der Waals surface area contributed by atoms with Crippen LogP contribution in [0.2, 0.25) is 0 Å². The Kier molecular flexibility index (Phi) is 5.58. The number of methoxy groups -OCH3 is 1. The number of thioether (sulfide) groups is 1. The molecule has 0 N–H and O–H groups in total. The van der Waals surface area contributed by atoms with Crippen LogP contribution in [-0.2, 0) is 9.53 Å². The molecular formula is C19H18N2O4S. The van der Waals surface area contributed by atoms with E-state index >= 15 is 0 Å². The molecule has 0 aliphatic rings. The fourth-order valence-corrected chi connectivity index (χ4v) is 3.30. The zero-order valence-electron chi connectivity index (χ0n) is 14.5. The molecule has 26 heavy (non-hydrogen) atoms. The van der Waals surface area contributed by atoms with Crippen LogP contribution in [0.15, 0.2) is 58.5 Å². The Bertz CT molecular complexity index is 983. The highest BCUT2D eigenvalue weighted by Gasteiger charge is 2.15. The molecule has 0 unspecified atom stereocenters. The van der Waals surface area contributed by atoms with Crippen molar-refractivity contribution in [1.82, 2.24) is 9.55 Å². The summed E-state index contributed by atoms with van der Waals surface area (Å²) in [6.45, 7) is 2.07. The highest BCUT2D eigenvalue weighted by atomic mass is 32.2. The van der Waals surface area contributed by atoms with Crippen molar-refractivity contribution in [1.29, 1.82) is 0 Å². The average Bonchev–Trinajstić information content (AvgIpc) is 2.67. The summed E-state index contributed by atoms with van der Waals surface area (Å²) < 4.78 is 11.6. The second kappa shape index (κ2) is 8.05. The molecule has 2 aromatic carbocycles. The Morgan fingerprint density at radius 2 is 1.88 bits per heavy atom. The van der Waals surface area contributed by atoms with Gasteiger partial charge < -0.3 is 9.47 Å². The molecule has 0 aliphatic carbocycles. The summed E-state index contributed by atoms with van der Waals surface area (Å²) in [5.41, 5.74) is 1.06. The molecule has 0 atom stereocenters. The molecule has 0 fully saturated rings. The van der Waals surface area contributed by atoms with Crippen molar-refractivity contribution >= 4 is 28.6 Å². The SMILES string of the molecule is CCOC(=O)CSc1nc2ccccc2c(=O)n1-c1ccc(OC)cc1. The summed E-state index contributed by atoms with van der Waals surface area (Å²) in [5, 5.41) is 0.954. The smallest absolute Gasteiger partial charge is 0.316 e. The molecule has 1 aromatic heterocycles. The molecule has 6 nitrogen and oxygen atoms in total. The van der Waals surface area contributed by atoms with Crippen LogP contribution in [0.1, 0.15) is 6.92 Å². The minimum atomic E-state index is -0.346. The molecule has 3 rings (SSSR count). The van der Waals surface area contributed by atoms with E-state index in [1.165, 1.54) is 16.3 Å². The van der Waals surface area contributed by atoms with E-state index in [0.717, 1.165) is 0 Å². The van der Waals surface area contributed by atoms with Gasteiger partial charge in [0.25, 0.3) is 5.56 Å². The first-order valence-electron chi connectivity index (χ1n) is 8.08. The van der Waals surface area contributed by atoms with Crippen molar-refractivity contribution in [2.24, 2.45) is 0 Å². The molecule has 0 spiro atoms. The number of esters is 1. The van der Waals surface area contributed by atoms with Crippen molar-refractivity contribution in [3.05, 3.63) is 58.9 Å². The number of rotatable bonds is 6. The second-order valence-corrected chi connectivity index (χ2v) is 6.29. The maximum atomic E-state index is 13.0. The van der Waals surface area contributed by atoms with Gasteiger partial charge in [-0.3, -0.25) is 14.2 Å². The Hall–Kier alpha value is -2.80. The first kappa shape index (κ1) is 18.0. The lowest BCUT2D eigenvalue weighted by atomic mass is 10.2. The number of fused-ring (bicyclic) bond motifs is 1. The van der Waals surface area contributed by atoms with Crippen LogP contribution >= 0.6 is 11.8 Å². The number of hydrogen-bond donors (Lipinski definition) is 0. The number of carbonyl (C=O) groups is 1. The van der Waals surface area contributed by atoms with Crippen LogP contribution in [0.3, 0.4) is 0 Å². The maximum absolute atomic E-state index is 13.0. The van der Waals surface area contributed by atoms with Gasteiger partial charge in [-0.05, 0) is 43.3 Å². The van der Waals surface area contributed by atoms with Crippen LogP contribution in [0, 0.1) is 0 Å². The zero-order valence-corrected chi connectivity index (χ0v) is 15.3. The van der Waals surface area contributed by atoms with E-state index in [4.69, 9.17) is 9.47 Å². The standard InChI is InChI=1S/C19H18N2O4S/c1-3-25-17(22)12-26-19-20-16-7-5-4-6-15(16)18(23)21(19)13-8-10-14(24-2)11-9-13/h4-11H,3,12H2,1-2H3. The number of nitrogens with zero attached hydrogens (tertiary/aromatic N) is 2. The van der Waals surface area contributed by atoms with E-state index < -0.39 is 0 Å². The predicted molar refractivity (Wildman–Crippen MR) is 101 cm³/mol. The van der Waals surface area contributed by atoms with Gasteiger partial charge in [-0.25, -0.2) is 4.98 Å². The summed E-state index contributed by atoms with van der Waals surface area (Å²) in [7, 11) is 1.58. The largest absolute Gasteiger partial charge is 0.497 e. The molecule has 0 aliphatic heterocycles. The third-order valence-corrected chi connectivity index (χ3v) is 4.61. The highest BCUT2D eigenvalue weighted by molar-refractivity contribution is 7.99. The average molecular weight is 370 g/mol. The van der Waals surface area contributed by atoms with Crippen molar-refractivity contribution in [3.8, 4) is 11.4 Å². The van der Waals surface area contributed by atoms with Crippen LogP contribution in [0.25, 0.3) is 16.6 Å². The third-order valence-electron chi connectivity index (χ3n) is 3.70. The van der Waals surface area contributed by atoms with E-state index in [2.05, 4.69) is 4.98 Å². The molecule has 0 saturated carbocycles. The van der Waals surface area contributed by atoms with E-state index in [1.54, 1.807) is 56.5 Å². The van der Waals surface area contributed by atoms with Gasteiger partial charge in [0, 0.05) is 0 Å². The van der Waals surface area contributed by atoms with E-state index in [0.29, 0.717) is 34.1 Å². The van der Waals surface area contributed by atoms with Gasteiger partial charge in [0.15, 0.2) is 5.16 Å². The Labute approximate surface area is 154 Å². The summed E-state index contributed by atoms with van der Waals surface area (Å²) in [5.74, 6) is 0.423. The van der Waals surface area contributed by atoms with Gasteiger partial charge in [0.2, 0.25) is 0 Å². The Morgan fingerprint density at radius 1 is 1.15 bits per heavy atom.